The number of hydrogen-bond donors (Lipinski definition) is 2. The molecule has 3 rings (SSSR count). The number of aromatic nitrogens is 2. The highest BCUT2D eigenvalue weighted by atomic mass is 32.2. The molecule has 1 amide bonds. The zero-order valence-electron chi connectivity index (χ0n) is 16.8. The minimum atomic E-state index is -3.73. The fourth-order valence-corrected chi connectivity index (χ4v) is 3.38. The Hall–Kier alpha value is -3.50. The van der Waals surface area contributed by atoms with Crippen molar-refractivity contribution in [1.29, 1.82) is 0 Å². The third kappa shape index (κ3) is 6.00. The monoisotopic (exact) mass is 442 g/mol. The molecule has 1 heterocycles. The second kappa shape index (κ2) is 9.54. The smallest absolute Gasteiger partial charge is 0.254 e. The number of sulfonamides is 1. The summed E-state index contributed by atoms with van der Waals surface area (Å²) in [6.45, 7) is 0.179. The molecule has 0 saturated heterocycles. The van der Waals surface area contributed by atoms with Crippen molar-refractivity contribution >= 4 is 15.9 Å². The first kappa shape index (κ1) is 22.2. The van der Waals surface area contributed by atoms with Gasteiger partial charge in [-0.3, -0.25) is 14.2 Å². The molecule has 0 unspecified atom stereocenters. The van der Waals surface area contributed by atoms with Crippen LogP contribution in [0.2, 0.25) is 0 Å². The lowest BCUT2D eigenvalue weighted by Gasteiger charge is -2.09. The number of nitrogens with one attached hydrogen (secondary N) is 1. The number of carbonyl (C=O) groups excluding carboxylic acids is 1. The molecule has 2 aromatic carbocycles. The van der Waals surface area contributed by atoms with Gasteiger partial charge in [-0.2, -0.15) is 0 Å². The minimum Gasteiger partial charge on any atom is -0.497 e. The highest BCUT2D eigenvalue weighted by Crippen LogP contribution is 2.19. The first-order valence-electron chi connectivity index (χ1n) is 9.35. The van der Waals surface area contributed by atoms with E-state index in [2.05, 4.69) is 10.3 Å². The third-order valence-corrected chi connectivity index (χ3v) is 5.50. The van der Waals surface area contributed by atoms with Gasteiger partial charge in [0, 0.05) is 18.2 Å². The predicted octanol–water partition coefficient (Wildman–Crippen LogP) is 0.925. The minimum absolute atomic E-state index is 0.0326. The van der Waals surface area contributed by atoms with Gasteiger partial charge in [0.15, 0.2) is 0 Å². The number of hydrogen-bond acceptors (Lipinski definition) is 6. The summed E-state index contributed by atoms with van der Waals surface area (Å²) in [5, 5.41) is 7.79. The summed E-state index contributed by atoms with van der Waals surface area (Å²) in [5.41, 5.74) is 1.78. The van der Waals surface area contributed by atoms with Crippen LogP contribution in [-0.2, 0) is 27.8 Å². The van der Waals surface area contributed by atoms with Gasteiger partial charge in [-0.25, -0.2) is 18.5 Å². The number of carbonyl (C=O) groups is 1. The summed E-state index contributed by atoms with van der Waals surface area (Å²) in [7, 11) is -2.16. The average Bonchev–Trinajstić information content (AvgIpc) is 2.75. The zero-order valence-corrected chi connectivity index (χ0v) is 17.6. The van der Waals surface area contributed by atoms with Gasteiger partial charge in [-0.05, 0) is 48.4 Å². The molecule has 0 bridgehead atoms. The fraction of sp³-hybridized carbons (Fsp3) is 0.190. The van der Waals surface area contributed by atoms with Gasteiger partial charge in [0.1, 0.15) is 12.3 Å². The van der Waals surface area contributed by atoms with Crippen molar-refractivity contribution in [2.24, 2.45) is 5.14 Å². The van der Waals surface area contributed by atoms with Gasteiger partial charge in [-0.15, -0.1) is 0 Å². The molecule has 31 heavy (non-hydrogen) atoms. The summed E-state index contributed by atoms with van der Waals surface area (Å²) in [5.74, 6) is 0.372. The van der Waals surface area contributed by atoms with Gasteiger partial charge >= 0.3 is 0 Å². The van der Waals surface area contributed by atoms with Crippen LogP contribution in [0.25, 0.3) is 11.3 Å². The quantitative estimate of drug-likeness (QED) is 0.533. The molecule has 0 radical (unpaired) electrons. The van der Waals surface area contributed by atoms with E-state index < -0.39 is 10.0 Å². The molecule has 0 fully saturated rings. The Balaban J connectivity index is 1.54. The largest absolute Gasteiger partial charge is 0.497 e. The Morgan fingerprint density at radius 1 is 1.13 bits per heavy atom. The second-order valence-electron chi connectivity index (χ2n) is 6.76. The van der Waals surface area contributed by atoms with E-state index in [4.69, 9.17) is 9.88 Å². The Morgan fingerprint density at radius 2 is 1.81 bits per heavy atom. The van der Waals surface area contributed by atoms with Crippen molar-refractivity contribution < 1.29 is 17.9 Å². The van der Waals surface area contributed by atoms with Crippen LogP contribution < -0.4 is 20.8 Å². The number of ether oxygens (including phenoxy) is 1. The lowest BCUT2D eigenvalue weighted by Crippen LogP contribution is -2.33. The van der Waals surface area contributed by atoms with E-state index in [0.717, 1.165) is 11.1 Å². The summed E-state index contributed by atoms with van der Waals surface area (Å²) >= 11 is 0. The van der Waals surface area contributed by atoms with E-state index >= 15 is 0 Å². The maximum Gasteiger partial charge on any atom is 0.254 e. The molecule has 0 aliphatic rings. The standard InChI is InChI=1S/C21H22N4O5S/c1-30-17-6-4-16(5-7-17)19-12-21(27)25(14-24-19)13-20(26)23-11-10-15-2-8-18(9-3-15)31(22,28)29/h2-9,12,14H,10-11,13H2,1H3,(H,23,26)(H2,22,28,29). The van der Waals surface area contributed by atoms with Crippen LogP contribution in [0.1, 0.15) is 5.56 Å². The van der Waals surface area contributed by atoms with Crippen molar-refractivity contribution in [3.8, 4) is 17.0 Å². The van der Waals surface area contributed by atoms with E-state index in [0.29, 0.717) is 24.4 Å². The summed E-state index contributed by atoms with van der Waals surface area (Å²) < 4.78 is 28.9. The Kier molecular flexibility index (Phi) is 6.83. The number of amides is 1. The van der Waals surface area contributed by atoms with Gasteiger partial charge in [0.05, 0.1) is 24.0 Å². The Morgan fingerprint density at radius 3 is 2.39 bits per heavy atom. The highest BCUT2D eigenvalue weighted by molar-refractivity contribution is 7.89. The predicted molar refractivity (Wildman–Crippen MR) is 115 cm³/mol. The first-order valence-corrected chi connectivity index (χ1v) is 10.9. The SMILES string of the molecule is COc1ccc(-c2cc(=O)n(CC(=O)NCCc3ccc(S(N)(=O)=O)cc3)cn2)cc1. The molecule has 10 heteroatoms. The molecular weight excluding hydrogens is 420 g/mol. The van der Waals surface area contributed by atoms with E-state index in [1.165, 1.54) is 29.1 Å². The lowest BCUT2D eigenvalue weighted by molar-refractivity contribution is -0.121. The average molecular weight is 442 g/mol. The van der Waals surface area contributed by atoms with Crippen molar-refractivity contribution in [3.05, 3.63) is 76.8 Å². The normalized spacial score (nSPS) is 11.2. The van der Waals surface area contributed by atoms with E-state index in [-0.39, 0.29) is 22.9 Å². The molecule has 1 aromatic heterocycles. The van der Waals surface area contributed by atoms with Gasteiger partial charge in [0.25, 0.3) is 5.56 Å². The highest BCUT2D eigenvalue weighted by Gasteiger charge is 2.09. The van der Waals surface area contributed by atoms with Crippen LogP contribution in [0.4, 0.5) is 0 Å². The molecule has 3 aromatic rings. The fourth-order valence-electron chi connectivity index (χ4n) is 2.87. The maximum absolute atomic E-state index is 12.3. The second-order valence-corrected chi connectivity index (χ2v) is 8.32. The molecule has 0 aliphatic carbocycles. The molecule has 9 nitrogen and oxygen atoms in total. The molecule has 3 N–H and O–H groups in total. The third-order valence-electron chi connectivity index (χ3n) is 4.57. The van der Waals surface area contributed by atoms with Crippen LogP contribution in [0.5, 0.6) is 5.75 Å². The van der Waals surface area contributed by atoms with Crippen molar-refractivity contribution in [2.75, 3.05) is 13.7 Å². The van der Waals surface area contributed by atoms with Crippen molar-refractivity contribution in [1.82, 2.24) is 14.9 Å². The number of primary sulfonamides is 1. The van der Waals surface area contributed by atoms with E-state index in [1.807, 2.05) is 0 Å². The summed E-state index contributed by atoms with van der Waals surface area (Å²) in [4.78, 5) is 28.8. The van der Waals surface area contributed by atoms with Crippen LogP contribution in [0, 0.1) is 0 Å². The van der Waals surface area contributed by atoms with E-state index in [9.17, 15) is 18.0 Å². The number of rotatable bonds is 8. The molecule has 0 spiro atoms. The summed E-state index contributed by atoms with van der Waals surface area (Å²) in [6.07, 6.45) is 1.84. The summed E-state index contributed by atoms with van der Waals surface area (Å²) in [6, 6.07) is 14.6. The Labute approximate surface area is 179 Å². The van der Waals surface area contributed by atoms with E-state index in [1.54, 1.807) is 43.5 Å². The number of benzene rings is 2. The van der Waals surface area contributed by atoms with Crippen LogP contribution in [0.15, 0.2) is 70.6 Å². The molecule has 0 saturated carbocycles. The van der Waals surface area contributed by atoms with Gasteiger partial charge in [0.2, 0.25) is 15.9 Å². The van der Waals surface area contributed by atoms with Crippen LogP contribution in [-0.4, -0.2) is 37.5 Å². The molecular formula is C21H22N4O5S. The number of nitrogens with zero attached hydrogens (tertiary/aromatic N) is 2. The van der Waals surface area contributed by atoms with Crippen molar-refractivity contribution in [3.63, 3.8) is 0 Å². The lowest BCUT2D eigenvalue weighted by atomic mass is 10.1. The number of nitrogens with two attached hydrogens (primary N) is 1. The van der Waals surface area contributed by atoms with Crippen molar-refractivity contribution in [2.45, 2.75) is 17.9 Å². The Bertz CT molecular complexity index is 1220. The maximum atomic E-state index is 12.3. The molecule has 162 valence electrons. The number of methoxy groups -OCH3 is 1. The zero-order chi connectivity index (χ0) is 22.4. The van der Waals surface area contributed by atoms with Crippen LogP contribution >= 0.6 is 0 Å². The van der Waals surface area contributed by atoms with Gasteiger partial charge < -0.3 is 10.1 Å². The van der Waals surface area contributed by atoms with Gasteiger partial charge in [-0.1, -0.05) is 12.1 Å². The molecule has 0 aliphatic heterocycles. The topological polar surface area (TPSA) is 133 Å². The van der Waals surface area contributed by atoms with Crippen LogP contribution in [0.3, 0.4) is 0 Å². The molecule has 0 atom stereocenters. The first-order chi connectivity index (χ1) is 14.8.